The molecule has 1 aromatic rings. The van der Waals surface area contributed by atoms with Crippen LogP contribution in [0.2, 0.25) is 0 Å². The van der Waals surface area contributed by atoms with Crippen molar-refractivity contribution in [2.45, 2.75) is 13.8 Å². The van der Waals surface area contributed by atoms with Gasteiger partial charge in [-0.25, -0.2) is 4.39 Å². The Morgan fingerprint density at radius 3 is 2.88 bits per heavy atom. The van der Waals surface area contributed by atoms with Crippen LogP contribution in [0.1, 0.15) is 18.1 Å². The van der Waals surface area contributed by atoms with Crippen molar-refractivity contribution in [1.82, 2.24) is 5.32 Å². The van der Waals surface area contributed by atoms with E-state index in [0.717, 1.165) is 0 Å². The molecule has 1 amide bonds. The molecule has 0 heterocycles. The number of hydrogen-bond acceptors (Lipinski definition) is 2. The number of nitrogens with one attached hydrogen (secondary N) is 1. The molecule has 0 aromatic heterocycles. The molecular weight excluding hydrogens is 207 g/mol. The van der Waals surface area contributed by atoms with Crippen molar-refractivity contribution in [2.75, 3.05) is 12.3 Å². The average molecular weight is 220 g/mol. The number of amides is 1. The largest absolute Gasteiger partial charge is 0.398 e. The zero-order valence-electron chi connectivity index (χ0n) is 9.23. The Morgan fingerprint density at radius 1 is 1.56 bits per heavy atom. The molecule has 1 aromatic carbocycles. The second kappa shape index (κ2) is 5.17. The van der Waals surface area contributed by atoms with Gasteiger partial charge in [0.1, 0.15) is 5.82 Å². The lowest BCUT2D eigenvalue weighted by molar-refractivity contribution is -0.118. The molecule has 0 saturated heterocycles. The molecule has 84 valence electrons. The van der Waals surface area contributed by atoms with Crippen molar-refractivity contribution < 1.29 is 9.18 Å². The van der Waals surface area contributed by atoms with Gasteiger partial charge in [-0.1, -0.05) is 11.8 Å². The van der Waals surface area contributed by atoms with Crippen molar-refractivity contribution in [3.8, 4) is 11.8 Å². The molecule has 0 radical (unpaired) electrons. The lowest BCUT2D eigenvalue weighted by Crippen LogP contribution is -2.19. The maximum absolute atomic E-state index is 13.6. The third-order valence-corrected chi connectivity index (χ3v) is 2.08. The first kappa shape index (κ1) is 12.1. The van der Waals surface area contributed by atoms with Gasteiger partial charge in [0, 0.05) is 18.2 Å². The summed E-state index contributed by atoms with van der Waals surface area (Å²) in [5.74, 6) is 4.73. The SMILES string of the molecule is CC(=O)NCC#Cc1ccc(N)c(C)c1F. The Hall–Kier alpha value is -2.02. The summed E-state index contributed by atoms with van der Waals surface area (Å²) in [5, 5.41) is 2.50. The summed E-state index contributed by atoms with van der Waals surface area (Å²) < 4.78 is 13.6. The van der Waals surface area contributed by atoms with Crippen LogP contribution < -0.4 is 11.1 Å². The lowest BCUT2D eigenvalue weighted by atomic mass is 10.1. The molecule has 1 rings (SSSR count). The smallest absolute Gasteiger partial charge is 0.217 e. The third kappa shape index (κ3) is 2.99. The molecule has 0 aliphatic carbocycles. The molecule has 4 heteroatoms. The first-order valence-corrected chi connectivity index (χ1v) is 4.80. The molecule has 16 heavy (non-hydrogen) atoms. The van der Waals surface area contributed by atoms with Gasteiger partial charge in [0.25, 0.3) is 0 Å². The molecule has 0 bridgehead atoms. The number of nitrogen functional groups attached to an aromatic ring is 1. The van der Waals surface area contributed by atoms with Crippen LogP contribution in [0, 0.1) is 24.6 Å². The summed E-state index contributed by atoms with van der Waals surface area (Å²) in [7, 11) is 0. The van der Waals surface area contributed by atoms with Crippen LogP contribution >= 0.6 is 0 Å². The standard InChI is InChI=1S/C12H13FN2O/c1-8-11(14)6-5-10(12(8)13)4-3-7-15-9(2)16/h5-6H,7,14H2,1-2H3,(H,15,16). The Bertz CT molecular complexity index is 472. The number of anilines is 1. The van der Waals surface area contributed by atoms with E-state index < -0.39 is 5.82 Å². The first-order valence-electron chi connectivity index (χ1n) is 4.80. The zero-order chi connectivity index (χ0) is 12.1. The summed E-state index contributed by atoms with van der Waals surface area (Å²) in [5.41, 5.74) is 6.63. The van der Waals surface area contributed by atoms with Crippen molar-refractivity contribution in [2.24, 2.45) is 0 Å². The fourth-order valence-electron chi connectivity index (χ4n) is 1.10. The summed E-state index contributed by atoms with van der Waals surface area (Å²) in [6.45, 7) is 3.21. The second-order valence-corrected chi connectivity index (χ2v) is 3.35. The third-order valence-electron chi connectivity index (χ3n) is 2.08. The Labute approximate surface area is 93.8 Å². The van der Waals surface area contributed by atoms with Crippen molar-refractivity contribution in [3.05, 3.63) is 29.1 Å². The van der Waals surface area contributed by atoms with Gasteiger partial charge in [-0.2, -0.15) is 0 Å². The molecule has 0 spiro atoms. The van der Waals surface area contributed by atoms with E-state index in [1.165, 1.54) is 13.0 Å². The highest BCUT2D eigenvalue weighted by molar-refractivity contribution is 5.73. The number of carbonyl (C=O) groups excluding carboxylic acids is 1. The van der Waals surface area contributed by atoms with Gasteiger partial charge < -0.3 is 11.1 Å². The fourth-order valence-corrected chi connectivity index (χ4v) is 1.10. The molecular formula is C12H13FN2O. The van der Waals surface area contributed by atoms with E-state index in [1.54, 1.807) is 13.0 Å². The first-order chi connectivity index (χ1) is 7.52. The van der Waals surface area contributed by atoms with Crippen LogP contribution in [0.3, 0.4) is 0 Å². The monoisotopic (exact) mass is 220 g/mol. The average Bonchev–Trinajstić information content (AvgIpc) is 2.23. The molecule has 0 fully saturated rings. The summed E-state index contributed by atoms with van der Waals surface area (Å²) >= 11 is 0. The Balaban J connectivity index is 2.82. The van der Waals surface area contributed by atoms with Gasteiger partial charge in [-0.05, 0) is 19.1 Å². The molecule has 0 saturated carbocycles. The van der Waals surface area contributed by atoms with E-state index in [-0.39, 0.29) is 18.0 Å². The van der Waals surface area contributed by atoms with Gasteiger partial charge in [0.2, 0.25) is 5.91 Å². The van der Waals surface area contributed by atoms with Gasteiger partial charge in [0.15, 0.2) is 0 Å². The van der Waals surface area contributed by atoms with Crippen molar-refractivity contribution in [1.29, 1.82) is 0 Å². The van der Waals surface area contributed by atoms with E-state index in [1.807, 2.05) is 0 Å². The van der Waals surface area contributed by atoms with Crippen LogP contribution in [0.15, 0.2) is 12.1 Å². The number of benzene rings is 1. The highest BCUT2D eigenvalue weighted by atomic mass is 19.1. The van der Waals surface area contributed by atoms with E-state index >= 15 is 0 Å². The lowest BCUT2D eigenvalue weighted by Gasteiger charge is -2.02. The minimum absolute atomic E-state index is 0.164. The van der Waals surface area contributed by atoms with Crippen LogP contribution in [-0.4, -0.2) is 12.5 Å². The molecule has 0 unspecified atom stereocenters. The van der Waals surface area contributed by atoms with Gasteiger partial charge in [-0.15, -0.1) is 0 Å². The topological polar surface area (TPSA) is 55.1 Å². The molecule has 0 aliphatic heterocycles. The van der Waals surface area contributed by atoms with E-state index in [2.05, 4.69) is 17.2 Å². The van der Waals surface area contributed by atoms with E-state index in [0.29, 0.717) is 11.3 Å². The zero-order valence-corrected chi connectivity index (χ0v) is 9.23. The van der Waals surface area contributed by atoms with Crippen molar-refractivity contribution in [3.63, 3.8) is 0 Å². The Morgan fingerprint density at radius 2 is 2.25 bits per heavy atom. The van der Waals surface area contributed by atoms with E-state index in [4.69, 9.17) is 5.73 Å². The van der Waals surface area contributed by atoms with Crippen LogP contribution in [0.25, 0.3) is 0 Å². The number of nitrogens with two attached hydrogens (primary N) is 1. The van der Waals surface area contributed by atoms with Gasteiger partial charge in [0.05, 0.1) is 12.1 Å². The quantitative estimate of drug-likeness (QED) is 0.552. The highest BCUT2D eigenvalue weighted by Gasteiger charge is 2.05. The number of rotatable bonds is 1. The normalized spacial score (nSPS) is 9.19. The summed E-state index contributed by atoms with van der Waals surface area (Å²) in [6, 6.07) is 3.14. The highest BCUT2D eigenvalue weighted by Crippen LogP contribution is 2.17. The predicted octanol–water partition coefficient (Wildman–Crippen LogP) is 1.20. The fraction of sp³-hybridized carbons (Fsp3) is 0.250. The second-order valence-electron chi connectivity index (χ2n) is 3.35. The molecule has 3 nitrogen and oxygen atoms in total. The van der Waals surface area contributed by atoms with Crippen LogP contribution in [0.4, 0.5) is 10.1 Å². The molecule has 3 N–H and O–H groups in total. The Kier molecular flexibility index (Phi) is 3.90. The van der Waals surface area contributed by atoms with Gasteiger partial charge >= 0.3 is 0 Å². The van der Waals surface area contributed by atoms with Crippen LogP contribution in [0.5, 0.6) is 0 Å². The number of halogens is 1. The predicted molar refractivity (Wildman–Crippen MR) is 61.1 cm³/mol. The minimum Gasteiger partial charge on any atom is -0.398 e. The van der Waals surface area contributed by atoms with E-state index in [9.17, 15) is 9.18 Å². The number of hydrogen-bond donors (Lipinski definition) is 2. The molecule has 0 atom stereocenters. The summed E-state index contributed by atoms with van der Waals surface area (Å²) in [4.78, 5) is 10.6. The number of carbonyl (C=O) groups is 1. The summed E-state index contributed by atoms with van der Waals surface area (Å²) in [6.07, 6.45) is 0. The van der Waals surface area contributed by atoms with Crippen LogP contribution in [-0.2, 0) is 4.79 Å². The maximum atomic E-state index is 13.6. The van der Waals surface area contributed by atoms with Gasteiger partial charge in [-0.3, -0.25) is 4.79 Å². The molecule has 0 aliphatic rings. The van der Waals surface area contributed by atoms with Crippen molar-refractivity contribution >= 4 is 11.6 Å². The maximum Gasteiger partial charge on any atom is 0.217 e. The minimum atomic E-state index is -0.407.